The molecular weight excluding hydrogens is 443 g/mol. The molecule has 1 aliphatic rings. The molecule has 0 bridgehead atoms. The van der Waals surface area contributed by atoms with Crippen molar-refractivity contribution in [3.8, 4) is 0 Å². The lowest BCUT2D eigenvalue weighted by Gasteiger charge is -2.15. The van der Waals surface area contributed by atoms with Crippen LogP contribution >= 0.6 is 0 Å². The van der Waals surface area contributed by atoms with Crippen molar-refractivity contribution in [1.82, 2.24) is 29.1 Å². The molecule has 1 saturated carbocycles. The third-order valence-electron chi connectivity index (χ3n) is 6.50. The van der Waals surface area contributed by atoms with Gasteiger partial charge in [-0.15, -0.1) is 0 Å². The average Bonchev–Trinajstić information content (AvgIpc) is 3.48. The number of imidazole rings is 2. The Balaban J connectivity index is 1.25. The molecule has 0 aromatic carbocycles. The van der Waals surface area contributed by atoms with E-state index in [1.165, 1.54) is 29.0 Å². The summed E-state index contributed by atoms with van der Waals surface area (Å²) in [6, 6.07) is 4.00. The molecule has 0 unspecified atom stereocenters. The summed E-state index contributed by atoms with van der Waals surface area (Å²) in [7, 11) is 0. The first-order chi connectivity index (χ1) is 16.8. The van der Waals surface area contributed by atoms with Gasteiger partial charge in [-0.3, -0.25) is 0 Å². The van der Waals surface area contributed by atoms with Gasteiger partial charge in [-0.25, -0.2) is 20.2 Å². The number of nitrogens with one attached hydrogen (secondary N) is 1. The summed E-state index contributed by atoms with van der Waals surface area (Å²) in [5.41, 5.74) is 13.1. The number of hydrazine groups is 1. The second-order valence-electron chi connectivity index (χ2n) is 9.24. The third kappa shape index (κ3) is 4.59. The van der Waals surface area contributed by atoms with Crippen LogP contribution in [-0.4, -0.2) is 23.8 Å². The quantitative estimate of drug-likeness (QED) is 0.194. The van der Waals surface area contributed by atoms with Crippen molar-refractivity contribution >= 4 is 11.2 Å². The highest BCUT2D eigenvalue weighted by atomic mass is 19.1. The van der Waals surface area contributed by atoms with Gasteiger partial charge in [0, 0.05) is 24.8 Å². The average molecular weight is 475 g/mol. The fourth-order valence-corrected chi connectivity index (χ4v) is 4.34. The van der Waals surface area contributed by atoms with Gasteiger partial charge in [-0.1, -0.05) is 19.6 Å². The first-order valence-corrected chi connectivity index (χ1v) is 11.9. The molecule has 4 aromatic rings. The van der Waals surface area contributed by atoms with E-state index < -0.39 is 0 Å². The fraction of sp³-hybridized carbons (Fsp3) is 0.308. The van der Waals surface area contributed by atoms with Gasteiger partial charge >= 0.3 is 0 Å². The second kappa shape index (κ2) is 9.07. The van der Waals surface area contributed by atoms with Crippen LogP contribution in [0.2, 0.25) is 0 Å². The monoisotopic (exact) mass is 474 g/mol. The molecule has 35 heavy (non-hydrogen) atoms. The van der Waals surface area contributed by atoms with Crippen molar-refractivity contribution in [2.75, 3.05) is 0 Å². The topological polar surface area (TPSA) is 102 Å². The molecule has 4 heterocycles. The summed E-state index contributed by atoms with van der Waals surface area (Å²) >= 11 is 0. The number of aromatic nitrogens is 4. The highest BCUT2D eigenvalue weighted by Crippen LogP contribution is 2.40. The number of aryl methyl sites for hydroxylation is 2. The van der Waals surface area contributed by atoms with Crippen molar-refractivity contribution in [3.05, 3.63) is 95.1 Å². The standard InChI is InChI=1S/C26H31FN8/c1-4-18-9-20(19-5-6-19)11-34-12-21(32-26(18)34)13-35(29)14-22(28)17(3)30-10-23-25-24(27)16(2)7-8-33(25)15-31-23/h7-9,11-12,14-15,19,30H,3-6,10,13,28-29H2,1-2H3/b22-14-. The Hall–Kier alpha value is -3.85. The molecule has 9 heteroatoms. The molecule has 1 fully saturated rings. The summed E-state index contributed by atoms with van der Waals surface area (Å²) in [4.78, 5) is 9.11. The maximum Gasteiger partial charge on any atom is 0.152 e. The summed E-state index contributed by atoms with van der Waals surface area (Å²) < 4.78 is 18.3. The van der Waals surface area contributed by atoms with Crippen molar-refractivity contribution in [1.29, 1.82) is 0 Å². The smallest absolute Gasteiger partial charge is 0.152 e. The maximum absolute atomic E-state index is 14.6. The van der Waals surface area contributed by atoms with Gasteiger partial charge in [0.15, 0.2) is 5.82 Å². The minimum absolute atomic E-state index is 0.282. The maximum atomic E-state index is 14.6. The second-order valence-corrected chi connectivity index (χ2v) is 9.24. The largest absolute Gasteiger partial charge is 0.396 e. The molecule has 0 saturated heterocycles. The zero-order chi connectivity index (χ0) is 24.7. The molecule has 5 rings (SSSR count). The molecule has 182 valence electrons. The van der Waals surface area contributed by atoms with Gasteiger partial charge in [0.05, 0.1) is 42.2 Å². The van der Waals surface area contributed by atoms with Crippen molar-refractivity contribution < 1.29 is 4.39 Å². The Kier molecular flexibility index (Phi) is 5.94. The van der Waals surface area contributed by atoms with E-state index in [1.54, 1.807) is 36.1 Å². The number of nitrogens with two attached hydrogens (primary N) is 2. The lowest BCUT2D eigenvalue weighted by molar-refractivity contribution is 0.379. The molecule has 5 N–H and O–H groups in total. The highest BCUT2D eigenvalue weighted by molar-refractivity contribution is 5.55. The Morgan fingerprint density at radius 1 is 1.34 bits per heavy atom. The van der Waals surface area contributed by atoms with Crippen LogP contribution in [0.1, 0.15) is 53.8 Å². The molecule has 0 atom stereocenters. The van der Waals surface area contributed by atoms with E-state index in [4.69, 9.17) is 16.6 Å². The molecule has 0 spiro atoms. The lowest BCUT2D eigenvalue weighted by Crippen LogP contribution is -2.28. The van der Waals surface area contributed by atoms with Crippen LogP contribution in [0, 0.1) is 12.7 Å². The number of halogens is 1. The highest BCUT2D eigenvalue weighted by Gasteiger charge is 2.25. The van der Waals surface area contributed by atoms with Crippen molar-refractivity contribution in [2.45, 2.75) is 52.1 Å². The van der Waals surface area contributed by atoms with E-state index in [-0.39, 0.29) is 12.4 Å². The third-order valence-corrected chi connectivity index (χ3v) is 6.50. The van der Waals surface area contributed by atoms with Gasteiger partial charge in [0.2, 0.25) is 0 Å². The van der Waals surface area contributed by atoms with E-state index in [2.05, 4.69) is 40.5 Å². The molecule has 1 aliphatic carbocycles. The summed E-state index contributed by atoms with van der Waals surface area (Å²) in [6.45, 7) is 8.55. The molecule has 8 nitrogen and oxygen atoms in total. The Morgan fingerprint density at radius 3 is 2.89 bits per heavy atom. The SMILES string of the molecule is C=C(NCc1ncn2ccc(C)c(F)c12)/C(N)=C/N(N)Cc1cn2cc(C3CC3)cc(CC)c2n1. The van der Waals surface area contributed by atoms with Crippen LogP contribution in [0.4, 0.5) is 4.39 Å². The zero-order valence-corrected chi connectivity index (χ0v) is 20.1. The number of hydrogen-bond acceptors (Lipinski definition) is 6. The van der Waals surface area contributed by atoms with Gasteiger partial charge in [0.1, 0.15) is 11.2 Å². The minimum Gasteiger partial charge on any atom is -0.396 e. The fourth-order valence-electron chi connectivity index (χ4n) is 4.34. The van der Waals surface area contributed by atoms with Crippen LogP contribution in [-0.2, 0) is 19.5 Å². The van der Waals surface area contributed by atoms with E-state index in [9.17, 15) is 4.39 Å². The van der Waals surface area contributed by atoms with E-state index in [0.29, 0.717) is 40.6 Å². The Bertz CT molecular complexity index is 1440. The normalized spacial score (nSPS) is 14.1. The summed E-state index contributed by atoms with van der Waals surface area (Å²) in [5, 5.41) is 4.61. The van der Waals surface area contributed by atoms with Crippen molar-refractivity contribution in [3.63, 3.8) is 0 Å². The van der Waals surface area contributed by atoms with Crippen molar-refractivity contribution in [2.24, 2.45) is 11.6 Å². The number of fused-ring (bicyclic) bond motifs is 2. The lowest BCUT2D eigenvalue weighted by atomic mass is 10.1. The minimum atomic E-state index is -0.285. The van der Waals surface area contributed by atoms with E-state index in [1.807, 2.05) is 6.20 Å². The summed E-state index contributed by atoms with van der Waals surface area (Å²) in [6.07, 6.45) is 12.7. The number of hydrogen-bond donors (Lipinski definition) is 3. The first-order valence-electron chi connectivity index (χ1n) is 11.9. The van der Waals surface area contributed by atoms with Gasteiger partial charge in [-0.2, -0.15) is 0 Å². The van der Waals surface area contributed by atoms with Gasteiger partial charge < -0.3 is 24.9 Å². The summed E-state index contributed by atoms with van der Waals surface area (Å²) in [5.74, 6) is 6.62. The van der Waals surface area contributed by atoms with Crippen LogP contribution in [0.5, 0.6) is 0 Å². The van der Waals surface area contributed by atoms with E-state index >= 15 is 0 Å². The number of nitrogens with zero attached hydrogens (tertiary/aromatic N) is 5. The molecule has 4 aromatic heterocycles. The predicted molar refractivity (Wildman–Crippen MR) is 134 cm³/mol. The van der Waals surface area contributed by atoms with Gasteiger partial charge in [0.25, 0.3) is 0 Å². The molecule has 0 amide bonds. The molecular formula is C26H31FN8. The zero-order valence-electron chi connectivity index (χ0n) is 20.1. The van der Waals surface area contributed by atoms with Crippen LogP contribution in [0.3, 0.4) is 0 Å². The Labute approximate surface area is 203 Å². The van der Waals surface area contributed by atoms with Crippen LogP contribution in [0.25, 0.3) is 11.2 Å². The van der Waals surface area contributed by atoms with E-state index in [0.717, 1.165) is 17.8 Å². The number of pyridine rings is 2. The molecule has 0 radical (unpaired) electrons. The molecule has 0 aliphatic heterocycles. The van der Waals surface area contributed by atoms with Crippen LogP contribution < -0.4 is 16.9 Å². The first kappa shape index (κ1) is 22.9. The van der Waals surface area contributed by atoms with Crippen LogP contribution in [0.15, 0.2) is 61.2 Å². The number of rotatable bonds is 9. The Morgan fingerprint density at radius 2 is 2.14 bits per heavy atom. The van der Waals surface area contributed by atoms with Gasteiger partial charge in [-0.05, 0) is 54.9 Å². The predicted octanol–water partition coefficient (Wildman–Crippen LogP) is 3.65.